The summed E-state index contributed by atoms with van der Waals surface area (Å²) in [4.78, 5) is 5.47. The molecule has 0 saturated heterocycles. The fraction of sp³-hybridized carbons (Fsp3) is 0.118. The Bertz CT molecular complexity index is 757. The molecule has 0 spiro atoms. The lowest BCUT2D eigenvalue weighted by atomic mass is 10.0. The normalized spacial score (nSPS) is 12.5. The number of hydrogen-bond donors (Lipinski definition) is 1. The van der Waals surface area contributed by atoms with Gasteiger partial charge < -0.3 is 5.11 Å². The zero-order valence-electron chi connectivity index (χ0n) is 11.2. The van der Waals surface area contributed by atoms with Gasteiger partial charge in [-0.15, -0.1) is 11.8 Å². The summed E-state index contributed by atoms with van der Waals surface area (Å²) < 4.78 is 1.06. The second kappa shape index (κ2) is 6.60. The molecule has 0 bridgehead atoms. The molecule has 4 heteroatoms. The summed E-state index contributed by atoms with van der Waals surface area (Å²) in [6, 6.07) is 17.8. The minimum absolute atomic E-state index is 0.519. The molecule has 0 amide bonds. The summed E-state index contributed by atoms with van der Waals surface area (Å²) in [6.07, 6.45) is 1.25. The standard InChI is InChI=1S/C17H14BrNOS/c18-14-7-1-2-9-17(14)21-11-16(20)13-5-3-8-15-12(13)6-4-10-19-15/h1-10,16,20H,11H2. The Morgan fingerprint density at radius 3 is 2.76 bits per heavy atom. The van der Waals surface area contributed by atoms with Crippen LogP contribution in [0.5, 0.6) is 0 Å². The van der Waals surface area contributed by atoms with Gasteiger partial charge in [0.2, 0.25) is 0 Å². The summed E-state index contributed by atoms with van der Waals surface area (Å²) in [7, 11) is 0. The van der Waals surface area contributed by atoms with Gasteiger partial charge in [-0.25, -0.2) is 0 Å². The molecule has 0 aliphatic carbocycles. The second-order valence-electron chi connectivity index (χ2n) is 4.67. The molecule has 1 atom stereocenters. The summed E-state index contributed by atoms with van der Waals surface area (Å²) >= 11 is 5.17. The predicted octanol–water partition coefficient (Wildman–Crippen LogP) is 4.82. The third-order valence-corrected chi connectivity index (χ3v) is 5.38. The van der Waals surface area contributed by atoms with E-state index in [-0.39, 0.29) is 0 Å². The van der Waals surface area contributed by atoms with E-state index in [0.29, 0.717) is 5.75 Å². The van der Waals surface area contributed by atoms with Crippen LogP contribution in [0.2, 0.25) is 0 Å². The number of thioether (sulfide) groups is 1. The largest absolute Gasteiger partial charge is 0.388 e. The molecule has 3 rings (SSSR count). The number of rotatable bonds is 4. The second-order valence-corrected chi connectivity index (χ2v) is 6.59. The van der Waals surface area contributed by atoms with Crippen LogP contribution in [0, 0.1) is 0 Å². The number of aliphatic hydroxyl groups excluding tert-OH is 1. The number of fused-ring (bicyclic) bond motifs is 1. The Hall–Kier alpha value is -1.36. The smallest absolute Gasteiger partial charge is 0.0890 e. The van der Waals surface area contributed by atoms with E-state index >= 15 is 0 Å². The fourth-order valence-corrected chi connectivity index (χ4v) is 3.76. The first-order chi connectivity index (χ1) is 10.3. The molecule has 1 aromatic heterocycles. The lowest BCUT2D eigenvalue weighted by Crippen LogP contribution is -2.01. The van der Waals surface area contributed by atoms with Crippen LogP contribution in [0.3, 0.4) is 0 Å². The van der Waals surface area contributed by atoms with Crippen LogP contribution < -0.4 is 0 Å². The van der Waals surface area contributed by atoms with Crippen molar-refractivity contribution < 1.29 is 5.11 Å². The molecule has 0 radical (unpaired) electrons. The summed E-state index contributed by atoms with van der Waals surface area (Å²) in [5.74, 6) is 0.608. The quantitative estimate of drug-likeness (QED) is 0.677. The molecule has 2 aromatic carbocycles. The van der Waals surface area contributed by atoms with Gasteiger partial charge in [0, 0.05) is 26.7 Å². The van der Waals surface area contributed by atoms with Crippen molar-refractivity contribution >= 4 is 38.6 Å². The van der Waals surface area contributed by atoms with Crippen LogP contribution in [-0.2, 0) is 0 Å². The number of aliphatic hydroxyl groups is 1. The van der Waals surface area contributed by atoms with Crippen molar-refractivity contribution in [2.75, 3.05) is 5.75 Å². The lowest BCUT2D eigenvalue weighted by Gasteiger charge is -2.13. The molecule has 3 aromatic rings. The molecule has 21 heavy (non-hydrogen) atoms. The van der Waals surface area contributed by atoms with Gasteiger partial charge in [-0.2, -0.15) is 0 Å². The Morgan fingerprint density at radius 2 is 1.90 bits per heavy atom. The van der Waals surface area contributed by atoms with E-state index in [2.05, 4.69) is 20.9 Å². The van der Waals surface area contributed by atoms with Crippen molar-refractivity contribution in [2.24, 2.45) is 0 Å². The molecular weight excluding hydrogens is 346 g/mol. The van der Waals surface area contributed by atoms with E-state index in [1.54, 1.807) is 18.0 Å². The van der Waals surface area contributed by atoms with Gasteiger partial charge >= 0.3 is 0 Å². The van der Waals surface area contributed by atoms with Gasteiger partial charge in [-0.1, -0.05) is 30.3 Å². The molecule has 0 aliphatic heterocycles. The highest BCUT2D eigenvalue weighted by Crippen LogP contribution is 2.32. The minimum atomic E-state index is -0.519. The first-order valence-electron chi connectivity index (χ1n) is 6.65. The number of benzene rings is 2. The van der Waals surface area contributed by atoms with E-state index in [1.165, 1.54) is 0 Å². The summed E-state index contributed by atoms with van der Waals surface area (Å²) in [5.41, 5.74) is 1.85. The van der Waals surface area contributed by atoms with Crippen molar-refractivity contribution in [1.29, 1.82) is 0 Å². The first-order valence-corrected chi connectivity index (χ1v) is 8.42. The SMILES string of the molecule is OC(CSc1ccccc1Br)c1cccc2ncccc12. The van der Waals surface area contributed by atoms with Crippen molar-refractivity contribution in [2.45, 2.75) is 11.0 Å². The Balaban J connectivity index is 1.81. The molecule has 1 heterocycles. The number of hydrogen-bond acceptors (Lipinski definition) is 3. The van der Waals surface area contributed by atoms with Crippen LogP contribution in [0.1, 0.15) is 11.7 Å². The fourth-order valence-electron chi connectivity index (χ4n) is 2.24. The third-order valence-electron chi connectivity index (χ3n) is 3.27. The molecule has 0 aliphatic rings. The first kappa shape index (κ1) is 14.6. The van der Waals surface area contributed by atoms with Gasteiger partial charge in [-0.3, -0.25) is 4.98 Å². The average Bonchev–Trinajstić information content (AvgIpc) is 2.53. The van der Waals surface area contributed by atoms with Gasteiger partial charge in [0.25, 0.3) is 0 Å². The topological polar surface area (TPSA) is 33.1 Å². The molecule has 0 saturated carbocycles. The number of nitrogens with zero attached hydrogens (tertiary/aromatic N) is 1. The molecule has 2 nitrogen and oxygen atoms in total. The van der Waals surface area contributed by atoms with E-state index in [9.17, 15) is 5.11 Å². The highest BCUT2D eigenvalue weighted by molar-refractivity contribution is 9.10. The van der Waals surface area contributed by atoms with Gasteiger partial charge in [-0.05, 0) is 45.8 Å². The van der Waals surface area contributed by atoms with Crippen molar-refractivity contribution in [3.63, 3.8) is 0 Å². The van der Waals surface area contributed by atoms with Crippen LogP contribution in [-0.4, -0.2) is 15.8 Å². The number of halogens is 1. The van der Waals surface area contributed by atoms with Gasteiger partial charge in [0.05, 0.1) is 11.6 Å². The number of pyridine rings is 1. The Morgan fingerprint density at radius 1 is 1.05 bits per heavy atom. The van der Waals surface area contributed by atoms with E-state index in [4.69, 9.17) is 0 Å². The Labute approximate surface area is 136 Å². The van der Waals surface area contributed by atoms with E-state index < -0.39 is 6.10 Å². The highest BCUT2D eigenvalue weighted by Gasteiger charge is 2.12. The maximum Gasteiger partial charge on any atom is 0.0890 e. The predicted molar refractivity (Wildman–Crippen MR) is 91.6 cm³/mol. The van der Waals surface area contributed by atoms with Crippen LogP contribution in [0.15, 0.2) is 70.2 Å². The molecule has 1 N–H and O–H groups in total. The molecule has 106 valence electrons. The zero-order valence-corrected chi connectivity index (χ0v) is 13.6. The van der Waals surface area contributed by atoms with Crippen molar-refractivity contribution in [3.05, 3.63) is 70.8 Å². The zero-order chi connectivity index (χ0) is 14.7. The summed E-state index contributed by atoms with van der Waals surface area (Å²) in [5, 5.41) is 11.5. The monoisotopic (exact) mass is 359 g/mol. The maximum atomic E-state index is 10.5. The van der Waals surface area contributed by atoms with Crippen LogP contribution in [0.25, 0.3) is 10.9 Å². The van der Waals surface area contributed by atoms with E-state index in [0.717, 1.165) is 25.8 Å². The molecule has 0 fully saturated rings. The summed E-state index contributed by atoms with van der Waals surface area (Å²) in [6.45, 7) is 0. The minimum Gasteiger partial charge on any atom is -0.388 e. The van der Waals surface area contributed by atoms with E-state index in [1.807, 2.05) is 54.6 Å². The maximum absolute atomic E-state index is 10.5. The van der Waals surface area contributed by atoms with Gasteiger partial charge in [0.1, 0.15) is 0 Å². The third kappa shape index (κ3) is 3.28. The average molecular weight is 360 g/mol. The Kier molecular flexibility index (Phi) is 4.58. The van der Waals surface area contributed by atoms with Crippen molar-refractivity contribution in [1.82, 2.24) is 4.98 Å². The lowest BCUT2D eigenvalue weighted by molar-refractivity contribution is 0.205. The molecule has 1 unspecified atom stereocenters. The van der Waals surface area contributed by atoms with Gasteiger partial charge in [0.15, 0.2) is 0 Å². The molecular formula is C17H14BrNOS. The van der Waals surface area contributed by atoms with Crippen molar-refractivity contribution in [3.8, 4) is 0 Å². The van der Waals surface area contributed by atoms with Crippen LogP contribution >= 0.6 is 27.7 Å². The van der Waals surface area contributed by atoms with Crippen LogP contribution in [0.4, 0.5) is 0 Å². The number of aromatic nitrogens is 1. The highest BCUT2D eigenvalue weighted by atomic mass is 79.9.